The molecule has 2 N–H and O–H groups in total. The number of piperidine rings is 1. The molecular formula is C13H26N2O. The highest BCUT2D eigenvalue weighted by Crippen LogP contribution is 2.22. The normalized spacial score (nSPS) is 40.1. The first kappa shape index (κ1) is 12.3. The van der Waals surface area contributed by atoms with E-state index in [2.05, 4.69) is 17.6 Å². The van der Waals surface area contributed by atoms with Crippen LogP contribution in [0.5, 0.6) is 0 Å². The van der Waals surface area contributed by atoms with Crippen LogP contribution in [0.4, 0.5) is 0 Å². The SMILES string of the molecule is COC1CCCC1NCC1CC(C)CCN1. The summed E-state index contributed by atoms with van der Waals surface area (Å²) in [6.07, 6.45) is 6.91. The van der Waals surface area contributed by atoms with Gasteiger partial charge in [-0.05, 0) is 44.6 Å². The number of nitrogens with one attached hydrogen (secondary N) is 2. The summed E-state index contributed by atoms with van der Waals surface area (Å²) in [6.45, 7) is 4.65. The van der Waals surface area contributed by atoms with E-state index in [9.17, 15) is 0 Å². The van der Waals surface area contributed by atoms with Crippen molar-refractivity contribution in [2.45, 2.75) is 57.2 Å². The van der Waals surface area contributed by atoms with Crippen molar-refractivity contribution in [1.29, 1.82) is 0 Å². The maximum Gasteiger partial charge on any atom is 0.0724 e. The molecule has 0 aromatic carbocycles. The number of methoxy groups -OCH3 is 1. The molecule has 2 aliphatic rings. The first-order valence-electron chi connectivity index (χ1n) is 6.79. The zero-order valence-electron chi connectivity index (χ0n) is 10.7. The van der Waals surface area contributed by atoms with Crippen LogP contribution in [-0.4, -0.2) is 38.4 Å². The molecule has 1 saturated carbocycles. The number of hydrogen-bond donors (Lipinski definition) is 2. The predicted molar refractivity (Wildman–Crippen MR) is 66.6 cm³/mol. The van der Waals surface area contributed by atoms with E-state index in [1.54, 1.807) is 0 Å². The molecule has 4 unspecified atom stereocenters. The van der Waals surface area contributed by atoms with Gasteiger partial charge in [0.15, 0.2) is 0 Å². The van der Waals surface area contributed by atoms with Crippen LogP contribution in [0, 0.1) is 5.92 Å². The second kappa shape index (κ2) is 5.99. The van der Waals surface area contributed by atoms with Crippen LogP contribution in [0.2, 0.25) is 0 Å². The number of rotatable bonds is 4. The van der Waals surface area contributed by atoms with Crippen molar-refractivity contribution in [2.75, 3.05) is 20.2 Å². The monoisotopic (exact) mass is 226 g/mol. The molecule has 1 aliphatic heterocycles. The first-order valence-corrected chi connectivity index (χ1v) is 6.79. The highest BCUT2D eigenvalue weighted by molar-refractivity contribution is 4.86. The zero-order chi connectivity index (χ0) is 11.4. The van der Waals surface area contributed by atoms with Crippen LogP contribution in [0.1, 0.15) is 39.0 Å². The number of ether oxygens (including phenoxy) is 1. The smallest absolute Gasteiger partial charge is 0.0724 e. The molecule has 3 nitrogen and oxygen atoms in total. The lowest BCUT2D eigenvalue weighted by atomic mass is 9.94. The van der Waals surface area contributed by atoms with Crippen LogP contribution >= 0.6 is 0 Å². The summed E-state index contributed by atoms with van der Waals surface area (Å²) in [5, 5.41) is 7.29. The molecule has 0 amide bonds. The van der Waals surface area contributed by atoms with Crippen molar-refractivity contribution in [3.05, 3.63) is 0 Å². The third kappa shape index (κ3) is 3.19. The Hall–Kier alpha value is -0.120. The Balaban J connectivity index is 1.70. The fraction of sp³-hybridized carbons (Fsp3) is 1.00. The minimum absolute atomic E-state index is 0.445. The summed E-state index contributed by atoms with van der Waals surface area (Å²) in [5.41, 5.74) is 0. The van der Waals surface area contributed by atoms with E-state index in [0.717, 1.165) is 12.5 Å². The van der Waals surface area contributed by atoms with Crippen molar-refractivity contribution in [3.8, 4) is 0 Å². The maximum absolute atomic E-state index is 5.50. The van der Waals surface area contributed by atoms with E-state index in [1.807, 2.05) is 7.11 Å². The molecule has 1 heterocycles. The van der Waals surface area contributed by atoms with E-state index < -0.39 is 0 Å². The summed E-state index contributed by atoms with van der Waals surface area (Å²) < 4.78 is 5.50. The molecule has 4 atom stereocenters. The largest absolute Gasteiger partial charge is 0.380 e. The van der Waals surface area contributed by atoms with E-state index in [-0.39, 0.29) is 0 Å². The number of hydrogen-bond acceptors (Lipinski definition) is 3. The molecule has 0 bridgehead atoms. The van der Waals surface area contributed by atoms with Crippen molar-refractivity contribution >= 4 is 0 Å². The van der Waals surface area contributed by atoms with Gasteiger partial charge < -0.3 is 15.4 Å². The molecule has 1 saturated heterocycles. The van der Waals surface area contributed by atoms with Gasteiger partial charge >= 0.3 is 0 Å². The van der Waals surface area contributed by atoms with Gasteiger partial charge in [-0.25, -0.2) is 0 Å². The third-order valence-corrected chi connectivity index (χ3v) is 4.14. The summed E-state index contributed by atoms with van der Waals surface area (Å²) in [5.74, 6) is 0.884. The Bertz CT molecular complexity index is 210. The standard InChI is InChI=1S/C13H26N2O/c1-10-6-7-14-11(8-10)9-15-12-4-3-5-13(12)16-2/h10-15H,3-9H2,1-2H3. The van der Waals surface area contributed by atoms with Gasteiger partial charge in [-0.2, -0.15) is 0 Å². The van der Waals surface area contributed by atoms with Gasteiger partial charge in [-0.15, -0.1) is 0 Å². The fourth-order valence-electron chi connectivity index (χ4n) is 3.11. The molecule has 0 aromatic heterocycles. The lowest BCUT2D eigenvalue weighted by Gasteiger charge is -2.30. The second-order valence-corrected chi connectivity index (χ2v) is 5.50. The average Bonchev–Trinajstić information content (AvgIpc) is 2.74. The molecule has 16 heavy (non-hydrogen) atoms. The van der Waals surface area contributed by atoms with Gasteiger partial charge in [0, 0.05) is 25.7 Å². The highest BCUT2D eigenvalue weighted by atomic mass is 16.5. The summed E-state index contributed by atoms with van der Waals surface area (Å²) in [6, 6.07) is 1.26. The lowest BCUT2D eigenvalue weighted by Crippen LogP contribution is -2.48. The Morgan fingerprint density at radius 1 is 1.31 bits per heavy atom. The Kier molecular flexibility index (Phi) is 4.62. The fourth-order valence-corrected chi connectivity index (χ4v) is 3.11. The van der Waals surface area contributed by atoms with Crippen LogP contribution < -0.4 is 10.6 Å². The molecule has 0 aromatic rings. The van der Waals surface area contributed by atoms with E-state index >= 15 is 0 Å². The van der Waals surface area contributed by atoms with Crippen molar-refractivity contribution in [2.24, 2.45) is 5.92 Å². The van der Waals surface area contributed by atoms with Gasteiger partial charge in [0.25, 0.3) is 0 Å². The molecule has 2 rings (SSSR count). The molecule has 3 heteroatoms. The predicted octanol–water partition coefficient (Wildman–Crippen LogP) is 1.53. The van der Waals surface area contributed by atoms with Gasteiger partial charge in [0.2, 0.25) is 0 Å². The Morgan fingerprint density at radius 3 is 2.94 bits per heavy atom. The van der Waals surface area contributed by atoms with Crippen molar-refractivity contribution < 1.29 is 4.74 Å². The molecule has 94 valence electrons. The van der Waals surface area contributed by atoms with Gasteiger partial charge in [-0.3, -0.25) is 0 Å². The summed E-state index contributed by atoms with van der Waals surface area (Å²) >= 11 is 0. The molecule has 0 radical (unpaired) electrons. The zero-order valence-corrected chi connectivity index (χ0v) is 10.7. The molecule has 1 aliphatic carbocycles. The summed E-state index contributed by atoms with van der Waals surface area (Å²) in [7, 11) is 1.84. The topological polar surface area (TPSA) is 33.3 Å². The Morgan fingerprint density at radius 2 is 2.19 bits per heavy atom. The minimum Gasteiger partial charge on any atom is -0.380 e. The van der Waals surface area contributed by atoms with Gasteiger partial charge in [0.1, 0.15) is 0 Å². The van der Waals surface area contributed by atoms with Gasteiger partial charge in [0.05, 0.1) is 6.10 Å². The third-order valence-electron chi connectivity index (χ3n) is 4.14. The van der Waals surface area contributed by atoms with Crippen LogP contribution in [-0.2, 0) is 4.74 Å². The van der Waals surface area contributed by atoms with Crippen LogP contribution in [0.15, 0.2) is 0 Å². The lowest BCUT2D eigenvalue weighted by molar-refractivity contribution is 0.0837. The maximum atomic E-state index is 5.50. The van der Waals surface area contributed by atoms with E-state index in [1.165, 1.54) is 38.6 Å². The van der Waals surface area contributed by atoms with E-state index in [0.29, 0.717) is 18.2 Å². The van der Waals surface area contributed by atoms with Gasteiger partial charge in [-0.1, -0.05) is 6.92 Å². The van der Waals surface area contributed by atoms with E-state index in [4.69, 9.17) is 4.74 Å². The quantitative estimate of drug-likeness (QED) is 0.763. The van der Waals surface area contributed by atoms with Crippen molar-refractivity contribution in [3.63, 3.8) is 0 Å². The highest BCUT2D eigenvalue weighted by Gasteiger charge is 2.27. The van der Waals surface area contributed by atoms with Crippen LogP contribution in [0.25, 0.3) is 0 Å². The Labute approximate surface area is 99.3 Å². The molecule has 0 spiro atoms. The molecular weight excluding hydrogens is 200 g/mol. The summed E-state index contributed by atoms with van der Waals surface area (Å²) in [4.78, 5) is 0. The van der Waals surface area contributed by atoms with Crippen molar-refractivity contribution in [1.82, 2.24) is 10.6 Å². The van der Waals surface area contributed by atoms with Crippen LogP contribution in [0.3, 0.4) is 0 Å². The molecule has 2 fully saturated rings. The minimum atomic E-state index is 0.445. The second-order valence-electron chi connectivity index (χ2n) is 5.50. The first-order chi connectivity index (χ1) is 7.79. The average molecular weight is 226 g/mol.